The number of allylic oxidation sites excluding steroid dienone is 7. The largest absolute Gasteiger partial charge is 0.498 e. The number of epoxide rings is 1. The first-order chi connectivity index (χ1) is 25.9. The van der Waals surface area contributed by atoms with Crippen LogP contribution in [0.1, 0.15) is 162 Å². The molecule has 0 aliphatic carbocycles. The maximum absolute atomic E-state index is 12.6. The number of unbranched alkanes of at least 4 members (excludes halogenated alkanes) is 15. The molecule has 0 radical (unpaired) electrons. The molecule has 3 N–H and O–H groups in total. The Hall–Kier alpha value is -2.00. The van der Waals surface area contributed by atoms with Gasteiger partial charge in [-0.2, -0.15) is 0 Å². The number of carbonyl (C=O) groups excluding carboxylic acids is 1. The van der Waals surface area contributed by atoms with E-state index in [-0.39, 0.29) is 32.8 Å². The van der Waals surface area contributed by atoms with Crippen LogP contribution in [-0.4, -0.2) is 55.5 Å². The highest BCUT2D eigenvalue weighted by Gasteiger charge is 2.36. The topological polar surface area (TPSA) is 130 Å². The lowest BCUT2D eigenvalue weighted by molar-refractivity contribution is -0.153. The molecule has 53 heavy (non-hydrogen) atoms. The zero-order valence-corrected chi connectivity index (χ0v) is 34.3. The molecule has 0 saturated carbocycles. The van der Waals surface area contributed by atoms with Crippen LogP contribution in [0.15, 0.2) is 60.9 Å². The molecule has 1 aliphatic rings. The molecule has 0 aromatic rings. The second-order valence-electron chi connectivity index (χ2n) is 13.9. The number of phosphoric ester groups is 1. The van der Waals surface area contributed by atoms with E-state index < -0.39 is 19.9 Å². The molecule has 1 saturated heterocycles. The molecule has 0 spiro atoms. The Bertz CT molecular complexity index is 1060. The Morgan fingerprint density at radius 2 is 1.19 bits per heavy atom. The van der Waals surface area contributed by atoms with E-state index in [9.17, 15) is 14.3 Å². The summed E-state index contributed by atoms with van der Waals surface area (Å²) in [5, 5.41) is 0. The summed E-state index contributed by atoms with van der Waals surface area (Å²) in [5.41, 5.74) is 5.35. The summed E-state index contributed by atoms with van der Waals surface area (Å²) >= 11 is 0. The first-order valence-corrected chi connectivity index (χ1v) is 22.4. The molecule has 10 heteroatoms. The van der Waals surface area contributed by atoms with Gasteiger partial charge in [-0.25, -0.2) is 4.57 Å². The number of hydrogen-bond donors (Lipinski definition) is 2. The van der Waals surface area contributed by atoms with E-state index in [1.165, 1.54) is 96.3 Å². The number of nitrogens with two attached hydrogens (primary N) is 1. The summed E-state index contributed by atoms with van der Waals surface area (Å²) in [6, 6.07) is 0. The highest BCUT2D eigenvalue weighted by Crippen LogP contribution is 2.43. The second-order valence-corrected chi connectivity index (χ2v) is 15.4. The number of hydrogen-bond acceptors (Lipinski definition) is 8. The fourth-order valence-corrected chi connectivity index (χ4v) is 6.40. The monoisotopic (exact) mass is 766 g/mol. The summed E-state index contributed by atoms with van der Waals surface area (Å²) < 4.78 is 38.8. The maximum Gasteiger partial charge on any atom is 0.472 e. The van der Waals surface area contributed by atoms with Crippen LogP contribution in [0.25, 0.3) is 0 Å². The number of esters is 1. The lowest BCUT2D eigenvalue weighted by Crippen LogP contribution is -2.27. The fourth-order valence-electron chi connectivity index (χ4n) is 5.64. The predicted octanol–water partition coefficient (Wildman–Crippen LogP) is 11.5. The third kappa shape index (κ3) is 33.1. The molecule has 0 aromatic heterocycles. The van der Waals surface area contributed by atoms with Crippen LogP contribution in [0.4, 0.5) is 0 Å². The van der Waals surface area contributed by atoms with Gasteiger partial charge in [0, 0.05) is 13.0 Å². The van der Waals surface area contributed by atoms with E-state index in [1.54, 1.807) is 6.26 Å². The van der Waals surface area contributed by atoms with Crippen molar-refractivity contribution in [1.29, 1.82) is 0 Å². The van der Waals surface area contributed by atoms with Crippen molar-refractivity contribution in [3.8, 4) is 0 Å². The van der Waals surface area contributed by atoms with Gasteiger partial charge in [-0.05, 0) is 89.5 Å². The first kappa shape index (κ1) is 49.0. The van der Waals surface area contributed by atoms with Gasteiger partial charge in [-0.15, -0.1) is 0 Å². The minimum atomic E-state index is -4.31. The third-order valence-corrected chi connectivity index (χ3v) is 9.86. The van der Waals surface area contributed by atoms with Crippen LogP contribution in [-0.2, 0) is 32.6 Å². The minimum absolute atomic E-state index is 0.000937. The van der Waals surface area contributed by atoms with Gasteiger partial charge < -0.3 is 24.8 Å². The number of phosphoric acid groups is 1. The Morgan fingerprint density at radius 3 is 1.85 bits per heavy atom. The normalized spacial score (nSPS) is 17.9. The molecule has 1 aliphatic heterocycles. The molecule has 4 atom stereocenters. The van der Waals surface area contributed by atoms with Crippen LogP contribution < -0.4 is 5.73 Å². The molecule has 1 rings (SSSR count). The molecular weight excluding hydrogens is 689 g/mol. The molecule has 0 amide bonds. The molecule has 1 heterocycles. The lowest BCUT2D eigenvalue weighted by atomic mass is 10.1. The quantitative estimate of drug-likeness (QED) is 0.0157. The van der Waals surface area contributed by atoms with Crippen molar-refractivity contribution in [2.24, 2.45) is 5.73 Å². The van der Waals surface area contributed by atoms with Crippen LogP contribution in [0, 0.1) is 0 Å². The average Bonchev–Trinajstić information content (AvgIpc) is 3.90. The Labute approximate surface area is 323 Å². The van der Waals surface area contributed by atoms with Crippen LogP contribution in [0.2, 0.25) is 0 Å². The second kappa shape index (κ2) is 35.7. The summed E-state index contributed by atoms with van der Waals surface area (Å²) in [7, 11) is -4.31. The summed E-state index contributed by atoms with van der Waals surface area (Å²) in [5.74, 6) is -0.414. The minimum Gasteiger partial charge on any atom is -0.498 e. The standard InChI is InChI=1S/C43H76NO8P/c1-3-5-7-9-11-12-13-14-15-16-17-18-19-23-27-31-36-48-38-40(39-50-53(46,47)49-37-35-44)51-43(45)34-30-26-22-20-21-25-29-33-42-41(52-42)32-28-24-10-8-6-4-2/h12-13,20,22,24-25,28-29,31,36,40-42H,3-11,14-19,21,23,26-27,30,32-35,37-39,44H2,1-2H3,(H,46,47)/b13-12-,22-20-,28-24-,29-25-,36-31+/t40-,41?,42?/m1/s1. The van der Waals surface area contributed by atoms with Crippen molar-refractivity contribution in [2.45, 2.75) is 180 Å². The van der Waals surface area contributed by atoms with Gasteiger partial charge in [0.25, 0.3) is 0 Å². The van der Waals surface area contributed by atoms with Crippen LogP contribution >= 0.6 is 7.82 Å². The highest BCUT2D eigenvalue weighted by atomic mass is 31.2. The number of carbonyl (C=O) groups is 1. The van der Waals surface area contributed by atoms with Gasteiger partial charge in [0.2, 0.25) is 0 Å². The molecular formula is C43H76NO8P. The van der Waals surface area contributed by atoms with Crippen molar-refractivity contribution in [3.05, 3.63) is 60.9 Å². The Balaban J connectivity index is 2.21. The van der Waals surface area contributed by atoms with Gasteiger partial charge in [0.15, 0.2) is 6.10 Å². The fraction of sp³-hybridized carbons (Fsp3) is 0.744. The van der Waals surface area contributed by atoms with E-state index in [4.69, 9.17) is 29.0 Å². The number of rotatable bonds is 38. The average molecular weight is 766 g/mol. The van der Waals surface area contributed by atoms with Crippen LogP contribution in [0.3, 0.4) is 0 Å². The first-order valence-electron chi connectivity index (χ1n) is 20.9. The molecule has 0 aromatic carbocycles. The Morgan fingerprint density at radius 1 is 0.679 bits per heavy atom. The van der Waals surface area contributed by atoms with Gasteiger partial charge in [-0.1, -0.05) is 120 Å². The van der Waals surface area contributed by atoms with Crippen molar-refractivity contribution < 1.29 is 37.5 Å². The summed E-state index contributed by atoms with van der Waals surface area (Å²) in [6.07, 6.45) is 46.5. The van der Waals surface area contributed by atoms with E-state index in [2.05, 4.69) is 62.5 Å². The summed E-state index contributed by atoms with van der Waals surface area (Å²) in [6.45, 7) is 4.10. The molecule has 9 nitrogen and oxygen atoms in total. The van der Waals surface area contributed by atoms with Gasteiger partial charge in [0.05, 0.1) is 31.7 Å². The molecule has 1 fully saturated rings. The van der Waals surface area contributed by atoms with Crippen LogP contribution in [0.5, 0.6) is 0 Å². The van der Waals surface area contributed by atoms with E-state index >= 15 is 0 Å². The molecule has 3 unspecified atom stereocenters. The van der Waals surface area contributed by atoms with Crippen molar-refractivity contribution >= 4 is 13.8 Å². The van der Waals surface area contributed by atoms with Gasteiger partial charge in [-0.3, -0.25) is 13.8 Å². The molecule has 306 valence electrons. The maximum atomic E-state index is 12.6. The zero-order chi connectivity index (χ0) is 38.5. The van der Waals surface area contributed by atoms with Crippen molar-refractivity contribution in [3.63, 3.8) is 0 Å². The van der Waals surface area contributed by atoms with E-state index in [0.717, 1.165) is 38.5 Å². The zero-order valence-electron chi connectivity index (χ0n) is 33.4. The Kier molecular flexibility index (Phi) is 33.0. The smallest absolute Gasteiger partial charge is 0.472 e. The van der Waals surface area contributed by atoms with E-state index in [1.807, 2.05) is 6.08 Å². The van der Waals surface area contributed by atoms with E-state index in [0.29, 0.717) is 18.6 Å². The van der Waals surface area contributed by atoms with Crippen molar-refractivity contribution in [1.82, 2.24) is 0 Å². The van der Waals surface area contributed by atoms with Gasteiger partial charge in [0.1, 0.15) is 6.61 Å². The third-order valence-electron chi connectivity index (χ3n) is 8.87. The lowest BCUT2D eigenvalue weighted by Gasteiger charge is -2.19. The summed E-state index contributed by atoms with van der Waals surface area (Å²) in [4.78, 5) is 22.4. The SMILES string of the molecule is CCCCC/C=C\CC1OC1C/C=C\C/C=C\CCCC(=O)O[C@H](CO/C=C/CCCCCCCC/C=C\CCCCCC)COP(=O)(O)OCCN. The number of ether oxygens (including phenoxy) is 3. The van der Waals surface area contributed by atoms with Gasteiger partial charge >= 0.3 is 13.8 Å². The highest BCUT2D eigenvalue weighted by molar-refractivity contribution is 7.47. The predicted molar refractivity (Wildman–Crippen MR) is 219 cm³/mol. The van der Waals surface area contributed by atoms with Crippen molar-refractivity contribution in [2.75, 3.05) is 26.4 Å². The molecule has 0 bridgehead atoms.